The van der Waals surface area contributed by atoms with Gasteiger partial charge in [-0.25, -0.2) is 14.4 Å². The number of fused-ring (bicyclic) bond motifs is 3. The Hall–Kier alpha value is -3.55. The molecule has 29 heavy (non-hydrogen) atoms. The van der Waals surface area contributed by atoms with Gasteiger partial charge in [-0.1, -0.05) is 48.5 Å². The summed E-state index contributed by atoms with van der Waals surface area (Å²) in [5, 5.41) is 20.9. The summed E-state index contributed by atoms with van der Waals surface area (Å²) in [7, 11) is 0. The van der Waals surface area contributed by atoms with E-state index >= 15 is 0 Å². The highest BCUT2D eigenvalue weighted by atomic mass is 16.5. The predicted molar refractivity (Wildman–Crippen MR) is 103 cm³/mol. The van der Waals surface area contributed by atoms with E-state index in [4.69, 9.17) is 14.9 Å². The molecule has 1 heterocycles. The number of carboxylic acid groups (broad SMARTS) is 2. The number of aliphatic carboxylic acids is 1. The van der Waals surface area contributed by atoms with Gasteiger partial charge in [0.05, 0.1) is 6.04 Å². The van der Waals surface area contributed by atoms with Crippen LogP contribution < -0.4 is 5.32 Å². The number of likely N-dealkylation sites (tertiary alicyclic amines) is 1. The first kappa shape index (κ1) is 18.8. The number of amides is 2. The average Bonchev–Trinajstić information content (AvgIpc) is 3.26. The zero-order chi connectivity index (χ0) is 20.5. The summed E-state index contributed by atoms with van der Waals surface area (Å²) in [4.78, 5) is 35.5. The minimum absolute atomic E-state index is 0.00578. The van der Waals surface area contributed by atoms with Crippen LogP contribution in [0.5, 0.6) is 0 Å². The summed E-state index contributed by atoms with van der Waals surface area (Å²) < 4.78 is 5.43. The van der Waals surface area contributed by atoms with Gasteiger partial charge in [0.1, 0.15) is 12.6 Å². The number of hydrogen-bond acceptors (Lipinski definition) is 4. The van der Waals surface area contributed by atoms with Crippen molar-refractivity contribution in [2.24, 2.45) is 0 Å². The van der Waals surface area contributed by atoms with E-state index in [-0.39, 0.29) is 25.5 Å². The normalized spacial score (nSPS) is 20.1. The molecule has 2 aliphatic rings. The lowest BCUT2D eigenvalue weighted by Gasteiger charge is -2.17. The van der Waals surface area contributed by atoms with Crippen LogP contribution in [0, 0.1) is 0 Å². The third-order valence-corrected chi connectivity index (χ3v) is 5.50. The Morgan fingerprint density at radius 2 is 1.59 bits per heavy atom. The first-order valence-electron chi connectivity index (χ1n) is 9.29. The standard InChI is InChI=1S/C21H20N2O6/c24-19(25)18-9-12(10-23(18)21(27)28)22-20(26)29-11-17-15-7-3-1-5-13(15)14-6-2-4-8-16(14)17/h1-8,12,17-18H,9-11H2,(H,22,26)(H,24,25)(H,27,28)/t12-,18+/m1/s1. The highest BCUT2D eigenvalue weighted by molar-refractivity contribution is 5.81. The van der Waals surface area contributed by atoms with Crippen LogP contribution in [0.2, 0.25) is 0 Å². The highest BCUT2D eigenvalue weighted by Crippen LogP contribution is 2.44. The number of hydrogen-bond donors (Lipinski definition) is 3. The Balaban J connectivity index is 1.41. The summed E-state index contributed by atoms with van der Waals surface area (Å²) in [6.07, 6.45) is -2.01. The number of alkyl carbamates (subject to hydrolysis) is 1. The van der Waals surface area contributed by atoms with Crippen LogP contribution in [-0.2, 0) is 9.53 Å². The van der Waals surface area contributed by atoms with E-state index in [0.717, 1.165) is 27.2 Å². The molecule has 1 fully saturated rings. The molecule has 0 unspecified atom stereocenters. The third kappa shape index (κ3) is 3.49. The van der Waals surface area contributed by atoms with Crippen molar-refractivity contribution in [3.8, 4) is 11.1 Å². The SMILES string of the molecule is O=C(N[C@@H]1C[C@@H](C(=O)O)N(C(=O)O)C1)OCC1c2ccccc2-c2ccccc21. The largest absolute Gasteiger partial charge is 0.480 e. The van der Waals surface area contributed by atoms with Gasteiger partial charge in [0.25, 0.3) is 0 Å². The monoisotopic (exact) mass is 396 g/mol. The van der Waals surface area contributed by atoms with Gasteiger partial charge in [-0.15, -0.1) is 0 Å². The quantitative estimate of drug-likeness (QED) is 0.732. The van der Waals surface area contributed by atoms with Crippen molar-refractivity contribution in [3.05, 3.63) is 59.7 Å². The molecule has 1 saturated heterocycles. The summed E-state index contributed by atoms with van der Waals surface area (Å²) in [5.41, 5.74) is 4.42. The van der Waals surface area contributed by atoms with Crippen LogP contribution in [0.3, 0.4) is 0 Å². The number of benzene rings is 2. The van der Waals surface area contributed by atoms with Crippen LogP contribution in [0.15, 0.2) is 48.5 Å². The van der Waals surface area contributed by atoms with Crippen molar-refractivity contribution in [3.63, 3.8) is 0 Å². The van der Waals surface area contributed by atoms with Gasteiger partial charge < -0.3 is 20.3 Å². The van der Waals surface area contributed by atoms with Crippen molar-refractivity contribution < 1.29 is 29.3 Å². The number of nitrogens with one attached hydrogen (secondary N) is 1. The maximum absolute atomic E-state index is 12.3. The third-order valence-electron chi connectivity index (χ3n) is 5.50. The molecule has 8 heteroatoms. The number of rotatable bonds is 4. The Morgan fingerprint density at radius 1 is 1.00 bits per heavy atom. The van der Waals surface area contributed by atoms with Crippen LogP contribution in [-0.4, -0.2) is 58.5 Å². The molecular weight excluding hydrogens is 376 g/mol. The number of carboxylic acids is 1. The molecule has 2 aromatic carbocycles. The van der Waals surface area contributed by atoms with E-state index in [2.05, 4.69) is 5.32 Å². The fourth-order valence-corrected chi connectivity index (χ4v) is 4.19. The molecule has 1 aliphatic carbocycles. The molecule has 0 saturated carbocycles. The first-order chi connectivity index (χ1) is 14.0. The molecule has 0 radical (unpaired) electrons. The summed E-state index contributed by atoms with van der Waals surface area (Å²) in [5.74, 6) is -1.32. The van der Waals surface area contributed by atoms with E-state index in [0.29, 0.717) is 0 Å². The van der Waals surface area contributed by atoms with Crippen molar-refractivity contribution in [1.29, 1.82) is 0 Å². The van der Waals surface area contributed by atoms with Crippen molar-refractivity contribution in [1.82, 2.24) is 10.2 Å². The summed E-state index contributed by atoms with van der Waals surface area (Å²) in [6.45, 7) is 0.0497. The smallest absolute Gasteiger partial charge is 0.408 e. The van der Waals surface area contributed by atoms with E-state index < -0.39 is 30.2 Å². The van der Waals surface area contributed by atoms with Crippen molar-refractivity contribution >= 4 is 18.2 Å². The van der Waals surface area contributed by atoms with Gasteiger partial charge in [0, 0.05) is 18.9 Å². The lowest BCUT2D eigenvalue weighted by molar-refractivity contribution is -0.141. The second-order valence-corrected chi connectivity index (χ2v) is 7.19. The van der Waals surface area contributed by atoms with E-state index in [1.807, 2.05) is 48.5 Å². The Kier molecular flexibility index (Phi) is 4.84. The number of carbonyl (C=O) groups excluding carboxylic acids is 1. The van der Waals surface area contributed by atoms with Gasteiger partial charge in [0.2, 0.25) is 0 Å². The van der Waals surface area contributed by atoms with E-state index in [1.54, 1.807) is 0 Å². The minimum Gasteiger partial charge on any atom is -0.480 e. The van der Waals surface area contributed by atoms with Gasteiger partial charge in [-0.05, 0) is 22.3 Å². The van der Waals surface area contributed by atoms with Crippen molar-refractivity contribution in [2.75, 3.05) is 13.2 Å². The fraction of sp³-hybridized carbons (Fsp3) is 0.286. The lowest BCUT2D eigenvalue weighted by Crippen LogP contribution is -2.40. The number of ether oxygens (including phenoxy) is 1. The zero-order valence-corrected chi connectivity index (χ0v) is 15.4. The fourth-order valence-electron chi connectivity index (χ4n) is 4.19. The maximum atomic E-state index is 12.3. The molecule has 3 N–H and O–H groups in total. The van der Waals surface area contributed by atoms with Crippen LogP contribution in [0.25, 0.3) is 11.1 Å². The molecule has 2 aromatic rings. The molecule has 1 aliphatic heterocycles. The number of carbonyl (C=O) groups is 3. The molecular formula is C21H20N2O6. The molecule has 0 bridgehead atoms. The van der Waals surface area contributed by atoms with Gasteiger partial charge in [-0.2, -0.15) is 0 Å². The van der Waals surface area contributed by atoms with Crippen LogP contribution >= 0.6 is 0 Å². The average molecular weight is 396 g/mol. The first-order valence-corrected chi connectivity index (χ1v) is 9.29. The molecule has 8 nitrogen and oxygen atoms in total. The predicted octanol–water partition coefficient (Wildman–Crippen LogP) is 2.73. The Labute approximate surface area is 166 Å². The molecule has 2 atom stereocenters. The lowest BCUT2D eigenvalue weighted by atomic mass is 9.98. The molecule has 2 amide bonds. The molecule has 4 rings (SSSR count). The highest BCUT2D eigenvalue weighted by Gasteiger charge is 2.40. The summed E-state index contributed by atoms with van der Waals surface area (Å²) in [6, 6.07) is 14.2. The Morgan fingerprint density at radius 3 is 2.10 bits per heavy atom. The second kappa shape index (κ2) is 7.46. The van der Waals surface area contributed by atoms with E-state index in [1.165, 1.54) is 0 Å². The van der Waals surface area contributed by atoms with Gasteiger partial charge in [0.15, 0.2) is 0 Å². The number of nitrogens with zero attached hydrogens (tertiary/aromatic N) is 1. The second-order valence-electron chi connectivity index (χ2n) is 7.19. The topological polar surface area (TPSA) is 116 Å². The minimum atomic E-state index is -1.32. The summed E-state index contributed by atoms with van der Waals surface area (Å²) >= 11 is 0. The zero-order valence-electron chi connectivity index (χ0n) is 15.4. The molecule has 150 valence electrons. The van der Waals surface area contributed by atoms with E-state index in [9.17, 15) is 14.4 Å². The van der Waals surface area contributed by atoms with Gasteiger partial charge >= 0.3 is 18.2 Å². The molecule has 0 spiro atoms. The van der Waals surface area contributed by atoms with Crippen LogP contribution in [0.4, 0.5) is 9.59 Å². The van der Waals surface area contributed by atoms with Crippen LogP contribution in [0.1, 0.15) is 23.5 Å². The Bertz CT molecular complexity index is 908. The molecule has 0 aromatic heterocycles. The van der Waals surface area contributed by atoms with Gasteiger partial charge in [-0.3, -0.25) is 4.90 Å². The maximum Gasteiger partial charge on any atom is 0.408 e. The van der Waals surface area contributed by atoms with Crippen molar-refractivity contribution in [2.45, 2.75) is 24.4 Å².